The van der Waals surface area contributed by atoms with Crippen molar-refractivity contribution in [2.24, 2.45) is 5.73 Å². The van der Waals surface area contributed by atoms with Crippen molar-refractivity contribution in [3.05, 3.63) is 0 Å². The fraction of sp³-hybridized carbons (Fsp3) is 1.00. The van der Waals surface area contributed by atoms with Crippen LogP contribution in [0.3, 0.4) is 0 Å². The van der Waals surface area contributed by atoms with Crippen LogP contribution in [0, 0.1) is 0 Å². The quantitative estimate of drug-likeness (QED) is 0.602. The molecule has 1 aliphatic rings. The maximum Gasteiger partial charge on any atom is 0.0790 e. The van der Waals surface area contributed by atoms with Crippen molar-refractivity contribution in [1.82, 2.24) is 5.32 Å². The molecule has 1 heterocycles. The summed E-state index contributed by atoms with van der Waals surface area (Å²) in [5.74, 6) is 2.27. The van der Waals surface area contributed by atoms with Gasteiger partial charge in [-0.2, -0.15) is 11.8 Å². The molecule has 0 aliphatic carbocycles. The highest BCUT2D eigenvalue weighted by Crippen LogP contribution is 2.08. The number of hydrogen-bond acceptors (Lipinski definition) is 4. The Labute approximate surface area is 78.4 Å². The largest absolute Gasteiger partial charge is 0.375 e. The van der Waals surface area contributed by atoms with E-state index in [4.69, 9.17) is 10.5 Å². The Bertz CT molecular complexity index is 107. The highest BCUT2D eigenvalue weighted by atomic mass is 32.2. The maximum atomic E-state index is 5.54. The molecule has 0 aromatic heterocycles. The van der Waals surface area contributed by atoms with E-state index in [9.17, 15) is 0 Å². The van der Waals surface area contributed by atoms with Crippen LogP contribution in [0.2, 0.25) is 0 Å². The molecule has 0 radical (unpaired) electrons. The third-order valence-corrected chi connectivity index (χ3v) is 2.99. The van der Waals surface area contributed by atoms with Gasteiger partial charge in [0, 0.05) is 18.8 Å². The van der Waals surface area contributed by atoms with Gasteiger partial charge in [-0.25, -0.2) is 0 Å². The first-order valence-corrected chi connectivity index (χ1v) is 5.69. The lowest BCUT2D eigenvalue weighted by atomic mass is 10.3. The van der Waals surface area contributed by atoms with Gasteiger partial charge in [0.15, 0.2) is 0 Å². The molecule has 0 aromatic carbocycles. The van der Waals surface area contributed by atoms with Crippen LogP contribution in [-0.2, 0) is 4.74 Å². The van der Waals surface area contributed by atoms with E-state index in [1.807, 2.05) is 11.8 Å². The number of nitrogens with two attached hydrogens (primary N) is 1. The van der Waals surface area contributed by atoms with Crippen LogP contribution >= 0.6 is 11.8 Å². The molecule has 0 spiro atoms. The number of morpholine rings is 1. The van der Waals surface area contributed by atoms with Crippen molar-refractivity contribution >= 4 is 11.8 Å². The number of nitrogens with one attached hydrogen (secondary N) is 1. The van der Waals surface area contributed by atoms with E-state index < -0.39 is 0 Å². The fourth-order valence-corrected chi connectivity index (χ4v) is 2.14. The van der Waals surface area contributed by atoms with Crippen molar-refractivity contribution in [3.8, 4) is 0 Å². The number of rotatable bonds is 5. The van der Waals surface area contributed by atoms with E-state index in [0.29, 0.717) is 6.10 Å². The molecule has 0 aromatic rings. The average molecular weight is 190 g/mol. The first-order chi connectivity index (χ1) is 5.93. The minimum absolute atomic E-state index is 0.418. The zero-order valence-electron chi connectivity index (χ0n) is 7.42. The van der Waals surface area contributed by atoms with Crippen LogP contribution < -0.4 is 11.1 Å². The summed E-state index contributed by atoms with van der Waals surface area (Å²) in [6.07, 6.45) is 1.53. The Morgan fingerprint density at radius 3 is 3.17 bits per heavy atom. The van der Waals surface area contributed by atoms with Crippen LogP contribution in [-0.4, -0.2) is 43.9 Å². The summed E-state index contributed by atoms with van der Waals surface area (Å²) in [5, 5.41) is 3.31. The van der Waals surface area contributed by atoms with Crippen molar-refractivity contribution < 1.29 is 4.74 Å². The summed E-state index contributed by atoms with van der Waals surface area (Å²) in [5.41, 5.74) is 5.39. The Kier molecular flexibility index (Phi) is 5.77. The minimum atomic E-state index is 0.418. The second-order valence-corrected chi connectivity index (χ2v) is 4.06. The molecule has 0 bridgehead atoms. The van der Waals surface area contributed by atoms with E-state index >= 15 is 0 Å². The summed E-state index contributed by atoms with van der Waals surface area (Å²) in [7, 11) is 0. The van der Waals surface area contributed by atoms with E-state index in [-0.39, 0.29) is 0 Å². The molecule has 0 amide bonds. The molecule has 72 valence electrons. The lowest BCUT2D eigenvalue weighted by Crippen LogP contribution is -2.39. The lowest BCUT2D eigenvalue weighted by Gasteiger charge is -2.23. The maximum absolute atomic E-state index is 5.54. The van der Waals surface area contributed by atoms with Crippen LogP contribution in [0.15, 0.2) is 0 Å². The van der Waals surface area contributed by atoms with Crippen molar-refractivity contribution in [1.29, 1.82) is 0 Å². The molecule has 1 unspecified atom stereocenters. The molecule has 3 N–H and O–H groups in total. The van der Waals surface area contributed by atoms with Gasteiger partial charge in [-0.1, -0.05) is 0 Å². The third-order valence-electron chi connectivity index (χ3n) is 1.80. The molecule has 1 atom stereocenters. The summed E-state index contributed by atoms with van der Waals surface area (Å²) in [6, 6.07) is 0. The molecule has 12 heavy (non-hydrogen) atoms. The van der Waals surface area contributed by atoms with E-state index in [0.717, 1.165) is 44.2 Å². The number of hydrogen-bond donors (Lipinski definition) is 2. The van der Waals surface area contributed by atoms with Gasteiger partial charge in [-0.15, -0.1) is 0 Å². The number of thioether (sulfide) groups is 1. The molecular weight excluding hydrogens is 172 g/mol. The van der Waals surface area contributed by atoms with Crippen molar-refractivity contribution in [2.75, 3.05) is 37.7 Å². The second-order valence-electron chi connectivity index (χ2n) is 2.91. The monoisotopic (exact) mass is 190 g/mol. The standard InChI is InChI=1S/C8H18N2OS/c9-2-1-5-12-7-8-6-10-3-4-11-8/h8,10H,1-7,9H2. The van der Waals surface area contributed by atoms with Gasteiger partial charge in [0.05, 0.1) is 12.7 Å². The zero-order valence-corrected chi connectivity index (χ0v) is 8.24. The zero-order chi connectivity index (χ0) is 8.65. The Balaban J connectivity index is 1.91. The molecule has 1 saturated heterocycles. The minimum Gasteiger partial charge on any atom is -0.375 e. The molecular formula is C8H18N2OS. The predicted octanol–water partition coefficient (Wildman–Crippen LogP) is 0.0568. The Hall–Kier alpha value is 0.230. The van der Waals surface area contributed by atoms with Gasteiger partial charge in [-0.05, 0) is 18.7 Å². The van der Waals surface area contributed by atoms with Gasteiger partial charge in [0.2, 0.25) is 0 Å². The molecule has 0 saturated carbocycles. The van der Waals surface area contributed by atoms with Crippen molar-refractivity contribution in [3.63, 3.8) is 0 Å². The van der Waals surface area contributed by atoms with E-state index in [2.05, 4.69) is 5.32 Å². The average Bonchev–Trinajstić information content (AvgIpc) is 2.14. The lowest BCUT2D eigenvalue weighted by molar-refractivity contribution is 0.0441. The molecule has 1 fully saturated rings. The molecule has 1 aliphatic heterocycles. The van der Waals surface area contributed by atoms with Gasteiger partial charge in [0.1, 0.15) is 0 Å². The SMILES string of the molecule is NCCCSCC1CNCCO1. The normalized spacial score (nSPS) is 24.2. The molecule has 4 heteroatoms. The van der Waals surface area contributed by atoms with Crippen LogP contribution in [0.5, 0.6) is 0 Å². The van der Waals surface area contributed by atoms with E-state index in [1.165, 1.54) is 0 Å². The Morgan fingerprint density at radius 2 is 2.50 bits per heavy atom. The van der Waals surface area contributed by atoms with Crippen LogP contribution in [0.25, 0.3) is 0 Å². The third kappa shape index (κ3) is 4.30. The van der Waals surface area contributed by atoms with Gasteiger partial charge < -0.3 is 15.8 Å². The fourth-order valence-electron chi connectivity index (χ4n) is 1.13. The number of ether oxygens (including phenoxy) is 1. The summed E-state index contributed by atoms with van der Waals surface area (Å²) < 4.78 is 5.54. The van der Waals surface area contributed by atoms with Gasteiger partial charge in [-0.3, -0.25) is 0 Å². The summed E-state index contributed by atoms with van der Waals surface area (Å²) in [6.45, 7) is 3.68. The molecule has 1 rings (SSSR count). The smallest absolute Gasteiger partial charge is 0.0790 e. The highest BCUT2D eigenvalue weighted by Gasteiger charge is 2.12. The van der Waals surface area contributed by atoms with E-state index in [1.54, 1.807) is 0 Å². The first-order valence-electron chi connectivity index (χ1n) is 4.53. The second kappa shape index (κ2) is 6.71. The first kappa shape index (κ1) is 10.3. The van der Waals surface area contributed by atoms with Gasteiger partial charge >= 0.3 is 0 Å². The molecule has 3 nitrogen and oxygen atoms in total. The van der Waals surface area contributed by atoms with Gasteiger partial charge in [0.25, 0.3) is 0 Å². The Morgan fingerprint density at radius 1 is 1.58 bits per heavy atom. The highest BCUT2D eigenvalue weighted by molar-refractivity contribution is 7.99. The van der Waals surface area contributed by atoms with Crippen LogP contribution in [0.1, 0.15) is 6.42 Å². The van der Waals surface area contributed by atoms with Crippen molar-refractivity contribution in [2.45, 2.75) is 12.5 Å². The van der Waals surface area contributed by atoms with Crippen LogP contribution in [0.4, 0.5) is 0 Å². The summed E-state index contributed by atoms with van der Waals surface area (Å²) >= 11 is 1.94. The summed E-state index contributed by atoms with van der Waals surface area (Å²) in [4.78, 5) is 0. The predicted molar refractivity (Wildman–Crippen MR) is 53.6 cm³/mol. The topological polar surface area (TPSA) is 47.3 Å².